The van der Waals surface area contributed by atoms with E-state index >= 15 is 0 Å². The second-order valence-electron chi connectivity index (χ2n) is 16.0. The molecule has 0 aliphatic carbocycles. The molecule has 10 nitrogen and oxygen atoms in total. The fraction of sp³-hybridized carbons (Fsp3) is 0.541. The third-order valence-electron chi connectivity index (χ3n) is 9.07. The summed E-state index contributed by atoms with van der Waals surface area (Å²) in [6, 6.07) is 10.00. The molecule has 1 atom stereocenters. The third kappa shape index (κ3) is 7.98. The molecule has 11 heteroatoms. The molecule has 1 N–H and O–H groups in total. The zero-order valence-corrected chi connectivity index (χ0v) is 32.0. The van der Waals surface area contributed by atoms with E-state index in [-0.39, 0.29) is 5.04 Å². The van der Waals surface area contributed by atoms with E-state index in [1.807, 2.05) is 45.9 Å². The van der Waals surface area contributed by atoms with Crippen LogP contribution in [0.1, 0.15) is 84.7 Å². The van der Waals surface area contributed by atoms with Crippen molar-refractivity contribution in [2.45, 2.75) is 105 Å². The summed E-state index contributed by atoms with van der Waals surface area (Å²) < 4.78 is 18.1. The summed E-state index contributed by atoms with van der Waals surface area (Å²) in [6.07, 6.45) is 1.96. The Morgan fingerprint density at radius 1 is 1.15 bits per heavy atom. The normalized spacial score (nSPS) is 16.5. The van der Waals surface area contributed by atoms with Crippen molar-refractivity contribution in [3.8, 4) is 23.2 Å². The van der Waals surface area contributed by atoms with Crippen LogP contribution in [-0.4, -0.2) is 55.2 Å². The van der Waals surface area contributed by atoms with Crippen molar-refractivity contribution in [2.24, 2.45) is 5.92 Å². The number of carbonyl (C=O) groups is 1. The van der Waals surface area contributed by atoms with Gasteiger partial charge in [-0.05, 0) is 88.0 Å². The van der Waals surface area contributed by atoms with Gasteiger partial charge in [0.2, 0.25) is 11.8 Å². The number of rotatable bonds is 9. The number of hydrogen-bond donors (Lipinski definition) is 1. The van der Waals surface area contributed by atoms with Crippen LogP contribution in [0, 0.1) is 24.2 Å². The van der Waals surface area contributed by atoms with E-state index in [1.165, 1.54) is 0 Å². The Labute approximate surface area is 287 Å². The highest BCUT2D eigenvalue weighted by Crippen LogP contribution is 2.47. The topological polar surface area (TPSA) is 122 Å². The number of anilines is 3. The summed E-state index contributed by atoms with van der Waals surface area (Å²) in [6.45, 7) is 25.6. The molecule has 4 rings (SSSR count). The van der Waals surface area contributed by atoms with Crippen molar-refractivity contribution >= 4 is 31.7 Å². The van der Waals surface area contributed by atoms with Crippen LogP contribution in [0.3, 0.4) is 0 Å². The van der Waals surface area contributed by atoms with Crippen molar-refractivity contribution in [1.82, 2.24) is 15.0 Å². The largest absolute Gasteiger partial charge is 0.481 e. The van der Waals surface area contributed by atoms with Crippen LogP contribution in [0.25, 0.3) is 11.3 Å². The summed E-state index contributed by atoms with van der Waals surface area (Å²) in [7, 11) is -0.517. The van der Waals surface area contributed by atoms with Crippen molar-refractivity contribution < 1.29 is 18.7 Å². The molecule has 0 saturated carbocycles. The van der Waals surface area contributed by atoms with Crippen LogP contribution < -0.4 is 15.0 Å². The van der Waals surface area contributed by atoms with Gasteiger partial charge in [-0.25, -0.2) is 19.7 Å². The fourth-order valence-corrected chi connectivity index (χ4v) is 6.59. The molecular formula is C37H52N6O4Si. The Morgan fingerprint density at radius 3 is 2.42 bits per heavy atom. The second-order valence-corrected chi connectivity index (χ2v) is 20.8. The van der Waals surface area contributed by atoms with Crippen molar-refractivity contribution in [1.29, 1.82) is 5.26 Å². The van der Waals surface area contributed by atoms with Crippen molar-refractivity contribution in [3.05, 3.63) is 52.8 Å². The summed E-state index contributed by atoms with van der Waals surface area (Å²) >= 11 is 0. The molecule has 1 aliphatic heterocycles. The van der Waals surface area contributed by atoms with Gasteiger partial charge in [-0.15, -0.1) is 0 Å². The smallest absolute Gasteiger partial charge is 0.414 e. The highest BCUT2D eigenvalue weighted by atomic mass is 28.4. The number of hydrogen-bond acceptors (Lipinski definition) is 9. The van der Waals surface area contributed by atoms with E-state index in [0.29, 0.717) is 47.8 Å². The molecule has 0 saturated heterocycles. The molecule has 0 unspecified atom stereocenters. The third-order valence-corrected chi connectivity index (χ3v) is 13.5. The quantitative estimate of drug-likeness (QED) is 0.222. The fourth-order valence-electron chi connectivity index (χ4n) is 5.47. The SMILES string of the molecule is COc1nc(CC(C)C)c(Nc2nccc(-c3cc(C#N)c4c(c3)[C@@](C)(CO[Si](C)(C)C(C)(C)C)CN4C(=O)OC(C)(C)C)n2)cc1C. The van der Waals surface area contributed by atoms with Gasteiger partial charge < -0.3 is 19.2 Å². The van der Waals surface area contributed by atoms with Gasteiger partial charge in [-0.2, -0.15) is 5.26 Å². The summed E-state index contributed by atoms with van der Waals surface area (Å²) in [4.78, 5) is 29.3. The van der Waals surface area contributed by atoms with E-state index in [9.17, 15) is 10.1 Å². The molecule has 1 aliphatic rings. The van der Waals surface area contributed by atoms with E-state index in [0.717, 1.165) is 34.5 Å². The van der Waals surface area contributed by atoms with Crippen molar-refractivity contribution in [2.75, 3.05) is 30.5 Å². The maximum atomic E-state index is 13.6. The van der Waals surface area contributed by atoms with Crippen LogP contribution in [0.2, 0.25) is 18.1 Å². The molecule has 48 heavy (non-hydrogen) atoms. The van der Waals surface area contributed by atoms with Crippen LogP contribution in [0.4, 0.5) is 22.1 Å². The standard InChI is InChI=1S/C37H52N6O4Si/c1-23(2)16-29-30(17-24(3)32(40-29)45-11)42-33-39-15-14-28(41-33)25-18-26(20-38)31-27(19-25)37(10,22-46-48(12,13)36(7,8)9)21-43(31)34(44)47-35(4,5)6/h14-15,17-19,23H,16,21-22H2,1-13H3,(H,39,41,42)/t37-/m1/s1. The number of methoxy groups -OCH3 is 1. The lowest BCUT2D eigenvalue weighted by Gasteiger charge is -2.39. The number of nitrogens with one attached hydrogen (secondary N) is 1. The molecule has 0 fully saturated rings. The number of carbonyl (C=O) groups excluding carboxylic acids is 1. The first kappa shape index (κ1) is 36.8. The summed E-state index contributed by atoms with van der Waals surface area (Å²) in [5.74, 6) is 1.38. The Balaban J connectivity index is 1.80. The molecule has 258 valence electrons. The monoisotopic (exact) mass is 672 g/mol. The molecule has 3 heterocycles. The van der Waals surface area contributed by atoms with Gasteiger partial charge in [0.05, 0.1) is 35.4 Å². The van der Waals surface area contributed by atoms with E-state index in [2.05, 4.69) is 71.0 Å². The number of aromatic nitrogens is 3. The van der Waals surface area contributed by atoms with Gasteiger partial charge in [0.25, 0.3) is 0 Å². The molecular weight excluding hydrogens is 621 g/mol. The Bertz CT molecular complexity index is 1720. The molecule has 1 aromatic carbocycles. The lowest BCUT2D eigenvalue weighted by molar-refractivity contribution is 0.0575. The highest BCUT2D eigenvalue weighted by Gasteiger charge is 2.47. The second kappa shape index (κ2) is 13.5. The first-order valence-electron chi connectivity index (χ1n) is 16.6. The van der Waals surface area contributed by atoms with Crippen LogP contribution in [0.5, 0.6) is 5.88 Å². The number of ether oxygens (including phenoxy) is 2. The predicted molar refractivity (Wildman–Crippen MR) is 194 cm³/mol. The number of benzene rings is 1. The van der Waals surface area contributed by atoms with Crippen LogP contribution in [0.15, 0.2) is 30.5 Å². The van der Waals surface area contributed by atoms with Gasteiger partial charge in [-0.3, -0.25) is 4.90 Å². The van der Waals surface area contributed by atoms with Gasteiger partial charge >= 0.3 is 6.09 Å². The minimum atomic E-state index is -2.14. The van der Waals surface area contributed by atoms with Crippen molar-refractivity contribution in [3.63, 3.8) is 0 Å². The number of nitriles is 1. The van der Waals surface area contributed by atoms with Crippen LogP contribution in [-0.2, 0) is 21.0 Å². The number of nitrogens with zero attached hydrogens (tertiary/aromatic N) is 5. The number of amides is 1. The van der Waals surface area contributed by atoms with Gasteiger partial charge in [0, 0.05) is 35.9 Å². The lowest BCUT2D eigenvalue weighted by atomic mass is 9.83. The van der Waals surface area contributed by atoms with E-state index in [1.54, 1.807) is 24.3 Å². The zero-order chi connectivity index (χ0) is 35.8. The summed E-state index contributed by atoms with van der Waals surface area (Å²) in [5, 5.41) is 13.8. The Morgan fingerprint density at radius 2 is 1.83 bits per heavy atom. The highest BCUT2D eigenvalue weighted by molar-refractivity contribution is 6.74. The van der Waals surface area contributed by atoms with Crippen LogP contribution >= 0.6 is 0 Å². The molecule has 0 radical (unpaired) electrons. The Kier molecular flexibility index (Phi) is 10.3. The minimum Gasteiger partial charge on any atom is -0.481 e. The predicted octanol–water partition coefficient (Wildman–Crippen LogP) is 8.70. The van der Waals surface area contributed by atoms with Gasteiger partial charge in [0.1, 0.15) is 11.7 Å². The maximum absolute atomic E-state index is 13.6. The maximum Gasteiger partial charge on any atom is 0.414 e. The minimum absolute atomic E-state index is 0.00660. The molecule has 3 aromatic rings. The number of aryl methyl sites for hydroxylation is 1. The molecule has 0 bridgehead atoms. The summed E-state index contributed by atoms with van der Waals surface area (Å²) in [5.41, 5.74) is 4.44. The van der Waals surface area contributed by atoms with E-state index < -0.39 is 25.4 Å². The van der Waals surface area contributed by atoms with E-state index in [4.69, 9.17) is 23.9 Å². The van der Waals surface area contributed by atoms with Gasteiger partial charge in [-0.1, -0.05) is 41.5 Å². The Hall–Kier alpha value is -4.01. The lowest BCUT2D eigenvalue weighted by Crippen LogP contribution is -2.46. The first-order valence-corrected chi connectivity index (χ1v) is 19.5. The molecule has 0 spiro atoms. The number of pyridine rings is 1. The number of fused-ring (bicyclic) bond motifs is 1. The molecule has 2 aromatic heterocycles. The van der Waals surface area contributed by atoms with Gasteiger partial charge in [0.15, 0.2) is 8.32 Å². The average molecular weight is 673 g/mol. The first-order chi connectivity index (χ1) is 22.2. The molecule has 1 amide bonds. The average Bonchev–Trinajstić information content (AvgIpc) is 3.28. The zero-order valence-electron chi connectivity index (χ0n) is 31.0.